The molecule has 5 heteroatoms. The van der Waals surface area contributed by atoms with Gasteiger partial charge in [-0.15, -0.1) is 0 Å². The first-order chi connectivity index (χ1) is 11.0. The van der Waals surface area contributed by atoms with Gasteiger partial charge in [-0.2, -0.15) is 15.1 Å². The summed E-state index contributed by atoms with van der Waals surface area (Å²) in [5.74, 6) is 1.50. The van der Waals surface area contributed by atoms with Crippen molar-refractivity contribution in [2.75, 3.05) is 6.26 Å². The van der Waals surface area contributed by atoms with Crippen LogP contribution in [-0.4, -0.2) is 21.0 Å². The Morgan fingerprint density at radius 2 is 1.74 bits per heavy atom. The van der Waals surface area contributed by atoms with E-state index in [2.05, 4.69) is 47.5 Å². The summed E-state index contributed by atoms with van der Waals surface area (Å²) in [6.07, 6.45) is 5.56. The van der Waals surface area contributed by atoms with E-state index in [4.69, 9.17) is 0 Å². The summed E-state index contributed by atoms with van der Waals surface area (Å²) in [6.45, 7) is 2.09. The number of nitrogens with zero attached hydrogens (tertiary/aromatic N) is 3. The van der Waals surface area contributed by atoms with Crippen molar-refractivity contribution in [3.05, 3.63) is 78.1 Å². The molecule has 120 valence electrons. The lowest BCUT2D eigenvalue weighted by atomic mass is 10.2. The van der Waals surface area contributed by atoms with Crippen molar-refractivity contribution in [2.24, 2.45) is 0 Å². The van der Waals surface area contributed by atoms with Crippen molar-refractivity contribution in [2.45, 2.75) is 23.4 Å². The molecule has 0 spiro atoms. The van der Waals surface area contributed by atoms with E-state index in [9.17, 15) is 4.39 Å². The molecule has 3 aromatic rings. The van der Waals surface area contributed by atoms with Gasteiger partial charge in [0.15, 0.2) is 0 Å². The largest absolute Gasteiger partial charge is 0.244 e. The van der Waals surface area contributed by atoms with Gasteiger partial charge in [0.25, 0.3) is 0 Å². The molecular weight excluding hydrogens is 309 g/mol. The molecule has 0 aliphatic heterocycles. The molecule has 3 rings (SSSR count). The van der Waals surface area contributed by atoms with E-state index in [1.54, 1.807) is 12.7 Å². The summed E-state index contributed by atoms with van der Waals surface area (Å²) in [5.41, 5.74) is 2.54. The Kier molecular flexibility index (Phi) is 4.48. The summed E-state index contributed by atoms with van der Waals surface area (Å²) >= 11 is 0. The maximum atomic E-state index is 13.3. The van der Waals surface area contributed by atoms with Crippen LogP contribution in [0.2, 0.25) is 0 Å². The van der Waals surface area contributed by atoms with Gasteiger partial charge >= 0.3 is 0 Å². The molecule has 0 amide bonds. The van der Waals surface area contributed by atoms with Crippen molar-refractivity contribution in [1.82, 2.24) is 14.8 Å². The lowest BCUT2D eigenvalue weighted by Crippen LogP contribution is -2.12. The second kappa shape index (κ2) is 6.54. The smallest absolute Gasteiger partial charge is 0.137 e. The minimum absolute atomic E-state index is 0.202. The van der Waals surface area contributed by atoms with Gasteiger partial charge in [-0.05, 0) is 47.9 Å². The monoisotopic (exact) mass is 329 g/mol. The molecule has 0 N–H and O–H groups in total. The third kappa shape index (κ3) is 3.79. The number of aryl methyl sites for hydroxylation is 1. The van der Waals surface area contributed by atoms with Gasteiger partial charge in [-0.3, -0.25) is 0 Å². The van der Waals surface area contributed by atoms with E-state index >= 15 is 0 Å². The van der Waals surface area contributed by atoms with Crippen LogP contribution in [0.15, 0.2) is 66.1 Å². The molecular formula is C18H20FN3S. The van der Waals surface area contributed by atoms with Crippen LogP contribution in [0.4, 0.5) is 4.39 Å². The number of hydrogen-bond acceptors (Lipinski definition) is 2. The summed E-state index contributed by atoms with van der Waals surface area (Å²) in [7, 11) is -1.23. The van der Waals surface area contributed by atoms with E-state index in [1.165, 1.54) is 28.2 Å². The maximum Gasteiger partial charge on any atom is 0.137 e. The predicted molar refractivity (Wildman–Crippen MR) is 93.1 cm³/mol. The minimum atomic E-state index is -1.23. The molecule has 23 heavy (non-hydrogen) atoms. The molecule has 0 aliphatic rings. The van der Waals surface area contributed by atoms with Gasteiger partial charge in [0, 0.05) is 5.75 Å². The molecule has 0 bridgehead atoms. The van der Waals surface area contributed by atoms with Crippen molar-refractivity contribution in [1.29, 1.82) is 0 Å². The average molecular weight is 329 g/mol. The highest BCUT2D eigenvalue weighted by molar-refractivity contribution is 8.31. The number of rotatable bonds is 5. The van der Waals surface area contributed by atoms with Crippen molar-refractivity contribution < 1.29 is 4.39 Å². The Balaban J connectivity index is 1.94. The molecule has 1 heterocycles. The zero-order valence-electron chi connectivity index (χ0n) is 13.3. The van der Waals surface area contributed by atoms with Crippen LogP contribution in [0.5, 0.6) is 0 Å². The predicted octanol–water partition coefficient (Wildman–Crippen LogP) is 4.38. The second-order valence-corrected chi connectivity index (χ2v) is 9.49. The lowest BCUT2D eigenvalue weighted by molar-refractivity contribution is 0.626. The van der Waals surface area contributed by atoms with E-state index < -0.39 is 10.0 Å². The summed E-state index contributed by atoms with van der Waals surface area (Å²) in [5, 5.41) is 4.25. The van der Waals surface area contributed by atoms with Crippen LogP contribution in [0, 0.1) is 12.7 Å². The van der Waals surface area contributed by atoms with E-state index in [0.29, 0.717) is 0 Å². The molecule has 3 nitrogen and oxygen atoms in total. The molecule has 1 aromatic heterocycles. The molecule has 0 radical (unpaired) electrons. The zero-order valence-corrected chi connectivity index (χ0v) is 14.1. The first-order valence-corrected chi connectivity index (χ1v) is 9.80. The standard InChI is InChI=1S/C18H20FN3S/c1-15-3-5-16(6-4-15)11-23(2,14-22-13-20-12-21-22)18-9-7-17(19)8-10-18/h3-10,12-13H,11,14H2,1-2H3. The third-order valence-corrected chi connectivity index (χ3v) is 7.09. The third-order valence-electron chi connectivity index (χ3n) is 3.87. The zero-order chi connectivity index (χ0) is 16.3. The van der Waals surface area contributed by atoms with Crippen molar-refractivity contribution >= 4 is 10.0 Å². The highest BCUT2D eigenvalue weighted by Gasteiger charge is 2.23. The molecule has 0 saturated heterocycles. The van der Waals surface area contributed by atoms with Gasteiger partial charge < -0.3 is 0 Å². The SMILES string of the molecule is Cc1ccc(CS(C)(Cn2cncn2)c2ccc(F)cc2)cc1. The summed E-state index contributed by atoms with van der Waals surface area (Å²) in [4.78, 5) is 5.21. The Hall–Kier alpha value is -2.14. The quantitative estimate of drug-likeness (QED) is 0.695. The van der Waals surface area contributed by atoms with Gasteiger partial charge in [0.1, 0.15) is 18.5 Å². The molecule has 0 fully saturated rings. The van der Waals surface area contributed by atoms with Crippen LogP contribution in [0.3, 0.4) is 0 Å². The van der Waals surface area contributed by atoms with E-state index in [-0.39, 0.29) is 5.82 Å². The fourth-order valence-corrected chi connectivity index (χ4v) is 5.46. The van der Waals surface area contributed by atoms with Gasteiger partial charge in [0.05, 0.1) is 5.88 Å². The molecule has 0 aliphatic carbocycles. The Labute approximate surface area is 137 Å². The lowest BCUT2D eigenvalue weighted by Gasteiger charge is -2.36. The number of benzene rings is 2. The summed E-state index contributed by atoms with van der Waals surface area (Å²) < 4.78 is 15.2. The van der Waals surface area contributed by atoms with Gasteiger partial charge in [0.2, 0.25) is 0 Å². The highest BCUT2D eigenvalue weighted by Crippen LogP contribution is 2.56. The van der Waals surface area contributed by atoms with E-state index in [0.717, 1.165) is 11.6 Å². The molecule has 1 unspecified atom stereocenters. The minimum Gasteiger partial charge on any atom is -0.244 e. The van der Waals surface area contributed by atoms with Crippen LogP contribution in [0.1, 0.15) is 11.1 Å². The van der Waals surface area contributed by atoms with Crippen LogP contribution in [-0.2, 0) is 11.6 Å². The number of aromatic nitrogens is 3. The van der Waals surface area contributed by atoms with Gasteiger partial charge in [-0.25, -0.2) is 14.1 Å². The molecule has 0 saturated carbocycles. The number of hydrogen-bond donors (Lipinski definition) is 0. The maximum absolute atomic E-state index is 13.3. The fraction of sp³-hybridized carbons (Fsp3) is 0.222. The highest BCUT2D eigenvalue weighted by atomic mass is 32.3. The second-order valence-electron chi connectivity index (χ2n) is 5.92. The Morgan fingerprint density at radius 1 is 1.04 bits per heavy atom. The van der Waals surface area contributed by atoms with E-state index in [1.807, 2.05) is 16.8 Å². The van der Waals surface area contributed by atoms with Crippen molar-refractivity contribution in [3.8, 4) is 0 Å². The van der Waals surface area contributed by atoms with Gasteiger partial charge in [-0.1, -0.05) is 29.8 Å². The summed E-state index contributed by atoms with van der Waals surface area (Å²) in [6, 6.07) is 15.5. The Morgan fingerprint density at radius 3 is 2.35 bits per heavy atom. The molecule has 1 atom stereocenters. The fourth-order valence-electron chi connectivity index (χ4n) is 2.61. The van der Waals surface area contributed by atoms with Crippen LogP contribution < -0.4 is 0 Å². The average Bonchev–Trinajstić information content (AvgIpc) is 3.03. The van der Waals surface area contributed by atoms with Crippen molar-refractivity contribution in [3.63, 3.8) is 0 Å². The Bertz CT molecular complexity index is 754. The number of halogens is 1. The normalized spacial score (nSPS) is 15.1. The van der Waals surface area contributed by atoms with Crippen LogP contribution >= 0.6 is 10.0 Å². The molecule has 2 aromatic carbocycles. The first kappa shape index (κ1) is 15.7. The van der Waals surface area contributed by atoms with Crippen LogP contribution in [0.25, 0.3) is 0 Å². The topological polar surface area (TPSA) is 30.7 Å². The first-order valence-electron chi connectivity index (χ1n) is 7.42.